The van der Waals surface area contributed by atoms with Crippen molar-refractivity contribution in [3.05, 3.63) is 48.0 Å². The summed E-state index contributed by atoms with van der Waals surface area (Å²) in [6, 6.07) is 8.21. The number of hydrogen-bond acceptors (Lipinski definition) is 3. The number of aliphatic hydroxyl groups excluding tert-OH is 1. The summed E-state index contributed by atoms with van der Waals surface area (Å²) >= 11 is 0. The number of nitrogens with zero attached hydrogens (tertiary/aromatic N) is 3. The van der Waals surface area contributed by atoms with Crippen molar-refractivity contribution < 1.29 is 5.11 Å². The Bertz CT molecular complexity index is 593. The fraction of sp³-hybridized carbons (Fsp3) is 0.471. The molecule has 0 bridgehead atoms. The molecule has 2 aromatic rings. The minimum atomic E-state index is -0.341. The third kappa shape index (κ3) is 2.95. The lowest BCUT2D eigenvalue weighted by Gasteiger charge is -2.25. The lowest BCUT2D eigenvalue weighted by atomic mass is 10.0. The Morgan fingerprint density at radius 3 is 3.05 bits per heavy atom. The normalized spacial score (nSPS) is 18.4. The molecule has 2 heterocycles. The Morgan fingerprint density at radius 2 is 2.19 bits per heavy atom. The molecule has 3 rings (SSSR count). The molecular weight excluding hydrogens is 262 g/mol. The van der Waals surface area contributed by atoms with E-state index in [4.69, 9.17) is 0 Å². The highest BCUT2D eigenvalue weighted by molar-refractivity contribution is 5.55. The van der Waals surface area contributed by atoms with Crippen molar-refractivity contribution in [1.29, 1.82) is 0 Å². The zero-order valence-corrected chi connectivity index (χ0v) is 12.6. The molecule has 1 unspecified atom stereocenters. The molecule has 21 heavy (non-hydrogen) atoms. The molecule has 1 aromatic heterocycles. The third-order valence-corrected chi connectivity index (χ3v) is 4.16. The summed E-state index contributed by atoms with van der Waals surface area (Å²) < 4.78 is 2.23. The van der Waals surface area contributed by atoms with Gasteiger partial charge in [-0.2, -0.15) is 0 Å². The van der Waals surface area contributed by atoms with Crippen LogP contribution in [0.5, 0.6) is 0 Å². The molecule has 1 aromatic carbocycles. The van der Waals surface area contributed by atoms with E-state index in [0.29, 0.717) is 0 Å². The number of aromatic nitrogens is 2. The molecule has 0 radical (unpaired) electrons. The predicted molar refractivity (Wildman–Crippen MR) is 84.2 cm³/mol. The van der Waals surface area contributed by atoms with Crippen LogP contribution in [0, 0.1) is 0 Å². The van der Waals surface area contributed by atoms with Crippen molar-refractivity contribution >= 4 is 5.69 Å². The van der Waals surface area contributed by atoms with Gasteiger partial charge in [-0.05, 0) is 25.3 Å². The van der Waals surface area contributed by atoms with E-state index >= 15 is 0 Å². The minimum Gasteiger partial charge on any atom is -0.388 e. The summed E-state index contributed by atoms with van der Waals surface area (Å²) in [5.74, 6) is 0. The number of rotatable bonds is 4. The maximum Gasteiger partial charge on any atom is 0.0948 e. The van der Waals surface area contributed by atoms with Crippen LogP contribution in [0.4, 0.5) is 5.69 Å². The summed E-state index contributed by atoms with van der Waals surface area (Å²) in [5, 5.41) is 10.3. The van der Waals surface area contributed by atoms with Crippen molar-refractivity contribution in [3.8, 4) is 0 Å². The number of aryl methyl sites for hydroxylation is 1. The van der Waals surface area contributed by atoms with E-state index < -0.39 is 0 Å². The molecule has 0 saturated carbocycles. The zero-order chi connectivity index (χ0) is 14.7. The average Bonchev–Trinajstić information content (AvgIpc) is 2.87. The van der Waals surface area contributed by atoms with E-state index in [1.165, 1.54) is 5.69 Å². The van der Waals surface area contributed by atoms with Gasteiger partial charge in [-0.1, -0.05) is 25.1 Å². The molecule has 0 spiro atoms. The fourth-order valence-corrected chi connectivity index (χ4v) is 3.09. The average molecular weight is 285 g/mol. The molecule has 0 aliphatic carbocycles. The van der Waals surface area contributed by atoms with Gasteiger partial charge in [0.2, 0.25) is 0 Å². The maximum atomic E-state index is 10.3. The molecule has 0 saturated heterocycles. The predicted octanol–water partition coefficient (Wildman–Crippen LogP) is 3.13. The molecule has 1 N–H and O–H groups in total. The van der Waals surface area contributed by atoms with Gasteiger partial charge in [-0.15, -0.1) is 0 Å². The summed E-state index contributed by atoms with van der Waals surface area (Å²) in [4.78, 5) is 6.66. The highest BCUT2D eigenvalue weighted by Crippen LogP contribution is 2.33. The number of anilines is 1. The molecule has 1 aliphatic rings. The molecule has 0 fully saturated rings. The number of imidazole rings is 1. The Hall–Kier alpha value is -1.81. The maximum absolute atomic E-state index is 10.3. The van der Waals surface area contributed by atoms with Gasteiger partial charge >= 0.3 is 0 Å². The summed E-state index contributed by atoms with van der Waals surface area (Å²) in [6.45, 7) is 5.02. The fourth-order valence-electron chi connectivity index (χ4n) is 3.09. The van der Waals surface area contributed by atoms with Gasteiger partial charge in [-0.25, -0.2) is 4.98 Å². The van der Waals surface area contributed by atoms with Gasteiger partial charge in [0.25, 0.3) is 0 Å². The standard InChI is InChI=1S/C17H23N3O/c1-2-9-20-13-18-11-14(20)12-19-10-5-8-17(21)15-6-3-4-7-16(15)19/h3-4,6-7,11,13,17,21H,2,5,8-10,12H2,1H3. The first-order valence-corrected chi connectivity index (χ1v) is 7.80. The lowest BCUT2D eigenvalue weighted by Crippen LogP contribution is -2.25. The van der Waals surface area contributed by atoms with E-state index in [1.807, 2.05) is 30.7 Å². The highest BCUT2D eigenvalue weighted by atomic mass is 16.3. The van der Waals surface area contributed by atoms with E-state index in [1.54, 1.807) is 0 Å². The monoisotopic (exact) mass is 285 g/mol. The number of fused-ring (bicyclic) bond motifs is 1. The molecule has 4 heteroatoms. The van der Waals surface area contributed by atoms with Crippen LogP contribution in [-0.4, -0.2) is 21.2 Å². The first-order chi connectivity index (χ1) is 10.3. The smallest absolute Gasteiger partial charge is 0.0948 e. The van der Waals surface area contributed by atoms with Crippen molar-refractivity contribution in [2.75, 3.05) is 11.4 Å². The Labute approximate surface area is 126 Å². The third-order valence-electron chi connectivity index (χ3n) is 4.16. The molecule has 1 aliphatic heterocycles. The second-order valence-corrected chi connectivity index (χ2v) is 5.72. The zero-order valence-electron chi connectivity index (χ0n) is 12.6. The first-order valence-electron chi connectivity index (χ1n) is 7.80. The van der Waals surface area contributed by atoms with E-state index in [9.17, 15) is 5.11 Å². The van der Waals surface area contributed by atoms with Gasteiger partial charge in [0.15, 0.2) is 0 Å². The van der Waals surface area contributed by atoms with Gasteiger partial charge in [0.1, 0.15) is 0 Å². The van der Waals surface area contributed by atoms with E-state index in [-0.39, 0.29) is 6.10 Å². The van der Waals surface area contributed by atoms with E-state index in [0.717, 1.165) is 50.1 Å². The molecule has 0 amide bonds. The lowest BCUT2D eigenvalue weighted by molar-refractivity contribution is 0.168. The highest BCUT2D eigenvalue weighted by Gasteiger charge is 2.21. The first kappa shape index (κ1) is 14.1. The number of para-hydroxylation sites is 1. The van der Waals surface area contributed by atoms with Crippen LogP contribution in [0.2, 0.25) is 0 Å². The van der Waals surface area contributed by atoms with Crippen LogP contribution >= 0.6 is 0 Å². The summed E-state index contributed by atoms with van der Waals surface area (Å²) in [5.41, 5.74) is 3.45. The largest absolute Gasteiger partial charge is 0.388 e. The van der Waals surface area contributed by atoms with Crippen LogP contribution in [0.25, 0.3) is 0 Å². The van der Waals surface area contributed by atoms with Crippen LogP contribution in [-0.2, 0) is 13.1 Å². The van der Waals surface area contributed by atoms with Gasteiger partial charge in [-0.3, -0.25) is 0 Å². The number of hydrogen-bond donors (Lipinski definition) is 1. The summed E-state index contributed by atoms with van der Waals surface area (Å²) in [7, 11) is 0. The molecule has 112 valence electrons. The SMILES string of the molecule is CCCn1cncc1CN1CCCC(O)c2ccccc21. The molecule has 1 atom stereocenters. The van der Waals surface area contributed by atoms with Crippen LogP contribution < -0.4 is 4.90 Å². The Kier molecular flexibility index (Phi) is 4.25. The van der Waals surface area contributed by atoms with E-state index in [2.05, 4.69) is 27.4 Å². The Morgan fingerprint density at radius 1 is 1.33 bits per heavy atom. The second-order valence-electron chi connectivity index (χ2n) is 5.72. The van der Waals surface area contributed by atoms with Gasteiger partial charge in [0.05, 0.1) is 24.7 Å². The Balaban J connectivity index is 1.88. The minimum absolute atomic E-state index is 0.341. The van der Waals surface area contributed by atoms with Crippen molar-refractivity contribution in [3.63, 3.8) is 0 Å². The van der Waals surface area contributed by atoms with Crippen LogP contribution in [0.15, 0.2) is 36.8 Å². The van der Waals surface area contributed by atoms with Crippen molar-refractivity contribution in [1.82, 2.24) is 9.55 Å². The number of benzene rings is 1. The second kappa shape index (κ2) is 6.31. The number of aliphatic hydroxyl groups is 1. The van der Waals surface area contributed by atoms with Gasteiger partial charge < -0.3 is 14.6 Å². The molecular formula is C17H23N3O. The summed E-state index contributed by atoms with van der Waals surface area (Å²) in [6.07, 6.45) is 6.49. The van der Waals surface area contributed by atoms with Crippen LogP contribution in [0.3, 0.4) is 0 Å². The van der Waals surface area contributed by atoms with Crippen LogP contribution in [0.1, 0.15) is 43.5 Å². The van der Waals surface area contributed by atoms with Crippen molar-refractivity contribution in [2.24, 2.45) is 0 Å². The molecule has 4 nitrogen and oxygen atoms in total. The van der Waals surface area contributed by atoms with Gasteiger partial charge in [0, 0.05) is 30.5 Å². The topological polar surface area (TPSA) is 41.3 Å². The van der Waals surface area contributed by atoms with Crippen molar-refractivity contribution in [2.45, 2.75) is 45.4 Å². The quantitative estimate of drug-likeness (QED) is 0.938.